The fourth-order valence-corrected chi connectivity index (χ4v) is 7.89. The van der Waals surface area contributed by atoms with Gasteiger partial charge < -0.3 is 4.74 Å². The van der Waals surface area contributed by atoms with Gasteiger partial charge in [0.2, 0.25) is 0 Å². The van der Waals surface area contributed by atoms with Crippen LogP contribution in [0.2, 0.25) is 0 Å². The second-order valence-corrected chi connectivity index (χ2v) is 14.1. The summed E-state index contributed by atoms with van der Waals surface area (Å²) in [5.41, 5.74) is 3.12. The first kappa shape index (κ1) is 33.7. The number of esters is 1. The molecule has 0 amide bonds. The standard InChI is InChI=1S/C40H42O4S2/c1-4-7-8-9-14-27-19-23-30(24-20-27)45-34-17-10-15-32-36(34)38(41)33-16-11-18-35(37(33)39(32)42)46-31-25-21-29(22-26-31)44-40(43)28(12-5-2)13-6-3/h10-11,15-26,28H,4-9,12-14H2,1-3H3. The van der Waals surface area contributed by atoms with Gasteiger partial charge in [-0.1, -0.05) is 113 Å². The van der Waals surface area contributed by atoms with Crippen LogP contribution in [0.15, 0.2) is 105 Å². The maximum Gasteiger partial charge on any atom is 0.314 e. The maximum atomic E-state index is 14.0. The summed E-state index contributed by atoms with van der Waals surface area (Å²) in [6.45, 7) is 6.38. The summed E-state index contributed by atoms with van der Waals surface area (Å²) in [6, 6.07) is 26.9. The van der Waals surface area contributed by atoms with Crippen molar-refractivity contribution in [2.24, 2.45) is 5.92 Å². The molecule has 0 aromatic heterocycles. The second-order valence-electron chi connectivity index (χ2n) is 11.8. The highest BCUT2D eigenvalue weighted by molar-refractivity contribution is 7.99. The molecular weight excluding hydrogens is 609 g/mol. The fraction of sp³-hybridized carbons (Fsp3) is 0.325. The number of carbonyl (C=O) groups is 3. The SMILES string of the molecule is CCCCCCc1ccc(Sc2cccc3c2C(=O)c2cccc(Sc4ccc(OC(=O)C(CCC)CCC)cc4)c2C3=O)cc1. The van der Waals surface area contributed by atoms with Gasteiger partial charge in [0.1, 0.15) is 5.75 Å². The average molecular weight is 651 g/mol. The summed E-state index contributed by atoms with van der Waals surface area (Å²) in [4.78, 5) is 44.1. The molecular formula is C40H42O4S2. The van der Waals surface area contributed by atoms with Crippen molar-refractivity contribution in [3.05, 3.63) is 113 Å². The van der Waals surface area contributed by atoms with Crippen molar-refractivity contribution in [1.29, 1.82) is 0 Å². The van der Waals surface area contributed by atoms with Crippen LogP contribution in [0.3, 0.4) is 0 Å². The summed E-state index contributed by atoms with van der Waals surface area (Å²) in [6.07, 6.45) is 9.55. The van der Waals surface area contributed by atoms with Gasteiger partial charge in [0.15, 0.2) is 11.6 Å². The number of aryl methyl sites for hydroxylation is 1. The predicted octanol–water partition coefficient (Wildman–Crippen LogP) is 11.0. The zero-order valence-corrected chi connectivity index (χ0v) is 28.6. The van der Waals surface area contributed by atoms with Crippen LogP contribution in [-0.4, -0.2) is 17.5 Å². The molecule has 0 saturated heterocycles. The molecule has 4 aromatic carbocycles. The zero-order chi connectivity index (χ0) is 32.5. The first-order valence-electron chi connectivity index (χ1n) is 16.5. The van der Waals surface area contributed by atoms with E-state index in [1.165, 1.54) is 54.8 Å². The van der Waals surface area contributed by atoms with Gasteiger partial charge in [-0.2, -0.15) is 0 Å². The summed E-state index contributed by atoms with van der Waals surface area (Å²) in [5.74, 6) is -0.0274. The molecule has 0 fully saturated rings. The Labute approximate surface area is 281 Å². The number of hydrogen-bond donors (Lipinski definition) is 0. The van der Waals surface area contributed by atoms with Crippen LogP contribution >= 0.6 is 23.5 Å². The molecule has 0 aliphatic heterocycles. The Hall–Kier alpha value is -3.61. The number of ether oxygens (including phenoxy) is 1. The molecule has 0 atom stereocenters. The molecule has 5 rings (SSSR count). The number of hydrogen-bond acceptors (Lipinski definition) is 6. The molecule has 0 unspecified atom stereocenters. The Morgan fingerprint density at radius 3 is 1.65 bits per heavy atom. The van der Waals surface area contributed by atoms with Crippen LogP contribution < -0.4 is 4.74 Å². The molecule has 1 aliphatic rings. The van der Waals surface area contributed by atoms with Crippen LogP contribution in [0.1, 0.15) is 110 Å². The third kappa shape index (κ3) is 8.02. The normalized spacial score (nSPS) is 12.3. The highest BCUT2D eigenvalue weighted by Gasteiger charge is 2.33. The molecule has 46 heavy (non-hydrogen) atoms. The molecule has 0 N–H and O–H groups in total. The first-order chi connectivity index (χ1) is 22.4. The number of unbranched alkanes of at least 4 members (excludes halogenated alkanes) is 3. The van der Waals surface area contributed by atoms with Crippen molar-refractivity contribution in [1.82, 2.24) is 0 Å². The Bertz CT molecular complexity index is 1670. The van der Waals surface area contributed by atoms with Gasteiger partial charge in [0, 0.05) is 41.8 Å². The molecule has 0 bridgehead atoms. The minimum Gasteiger partial charge on any atom is -0.426 e. The Kier molecular flexibility index (Phi) is 11.9. The lowest BCUT2D eigenvalue weighted by molar-refractivity contribution is -0.139. The Balaban J connectivity index is 1.32. The molecule has 6 heteroatoms. The van der Waals surface area contributed by atoms with E-state index in [0.717, 1.165) is 51.7 Å². The number of ketones is 2. The number of carbonyl (C=O) groups excluding carboxylic acids is 3. The molecule has 4 nitrogen and oxygen atoms in total. The summed E-state index contributed by atoms with van der Waals surface area (Å²) in [7, 11) is 0. The van der Waals surface area contributed by atoms with E-state index in [1.807, 2.05) is 36.4 Å². The lowest BCUT2D eigenvalue weighted by Crippen LogP contribution is -2.22. The quantitative estimate of drug-likeness (QED) is 0.0638. The number of benzene rings is 4. The minimum atomic E-state index is -0.184. The van der Waals surface area contributed by atoms with Gasteiger partial charge in [-0.3, -0.25) is 14.4 Å². The summed E-state index contributed by atoms with van der Waals surface area (Å²) in [5, 5.41) is 0. The van der Waals surface area contributed by atoms with Crippen molar-refractivity contribution in [3.63, 3.8) is 0 Å². The highest BCUT2D eigenvalue weighted by atomic mass is 32.2. The van der Waals surface area contributed by atoms with Crippen LogP contribution in [0, 0.1) is 5.92 Å². The zero-order valence-electron chi connectivity index (χ0n) is 27.0. The number of rotatable bonds is 15. The average Bonchev–Trinajstić information content (AvgIpc) is 3.07. The topological polar surface area (TPSA) is 60.4 Å². The molecule has 0 radical (unpaired) electrons. The Morgan fingerprint density at radius 1 is 0.630 bits per heavy atom. The molecule has 1 aliphatic carbocycles. The fourth-order valence-electron chi connectivity index (χ4n) is 5.93. The van der Waals surface area contributed by atoms with E-state index >= 15 is 0 Å². The van der Waals surface area contributed by atoms with Gasteiger partial charge in [0.25, 0.3) is 0 Å². The van der Waals surface area contributed by atoms with Crippen molar-refractivity contribution in [2.75, 3.05) is 0 Å². The van der Waals surface area contributed by atoms with Crippen molar-refractivity contribution < 1.29 is 19.1 Å². The lowest BCUT2D eigenvalue weighted by Gasteiger charge is -2.22. The van der Waals surface area contributed by atoms with Crippen molar-refractivity contribution in [3.8, 4) is 5.75 Å². The number of fused-ring (bicyclic) bond motifs is 2. The largest absolute Gasteiger partial charge is 0.426 e. The van der Waals surface area contributed by atoms with Crippen LogP contribution in [-0.2, 0) is 11.2 Å². The van der Waals surface area contributed by atoms with Crippen LogP contribution in [0.5, 0.6) is 5.75 Å². The van der Waals surface area contributed by atoms with Gasteiger partial charge >= 0.3 is 5.97 Å². The lowest BCUT2D eigenvalue weighted by atomic mass is 9.84. The predicted molar refractivity (Wildman–Crippen MR) is 188 cm³/mol. The van der Waals surface area contributed by atoms with Gasteiger partial charge in [-0.25, -0.2) is 0 Å². The molecule has 238 valence electrons. The monoisotopic (exact) mass is 650 g/mol. The molecule has 0 saturated carbocycles. The maximum absolute atomic E-state index is 14.0. The van der Waals surface area contributed by atoms with Gasteiger partial charge in [-0.15, -0.1) is 0 Å². The smallest absolute Gasteiger partial charge is 0.314 e. The highest BCUT2D eigenvalue weighted by Crippen LogP contribution is 2.41. The van der Waals surface area contributed by atoms with Crippen molar-refractivity contribution >= 4 is 41.1 Å². The molecule has 0 heterocycles. The van der Waals surface area contributed by atoms with Crippen LogP contribution in [0.4, 0.5) is 0 Å². The summed E-state index contributed by atoms with van der Waals surface area (Å²) >= 11 is 2.96. The summed E-state index contributed by atoms with van der Waals surface area (Å²) < 4.78 is 5.68. The third-order valence-electron chi connectivity index (χ3n) is 8.34. The van der Waals surface area contributed by atoms with Gasteiger partial charge in [-0.05, 0) is 79.8 Å². The van der Waals surface area contributed by atoms with E-state index in [4.69, 9.17) is 4.74 Å². The van der Waals surface area contributed by atoms with E-state index in [-0.39, 0.29) is 23.5 Å². The van der Waals surface area contributed by atoms with E-state index < -0.39 is 0 Å². The minimum absolute atomic E-state index is 0.0871. The molecule has 4 aromatic rings. The van der Waals surface area contributed by atoms with Gasteiger partial charge in [0.05, 0.1) is 5.92 Å². The first-order valence-corrected chi connectivity index (χ1v) is 18.2. The van der Waals surface area contributed by atoms with E-state index in [1.54, 1.807) is 24.3 Å². The van der Waals surface area contributed by atoms with E-state index in [2.05, 4.69) is 45.0 Å². The van der Waals surface area contributed by atoms with Crippen molar-refractivity contribution in [2.45, 2.75) is 98.1 Å². The second kappa shape index (κ2) is 16.3. The van der Waals surface area contributed by atoms with E-state index in [9.17, 15) is 14.4 Å². The van der Waals surface area contributed by atoms with E-state index in [0.29, 0.717) is 28.0 Å². The third-order valence-corrected chi connectivity index (χ3v) is 10.5. The Morgan fingerprint density at radius 2 is 1.15 bits per heavy atom. The van der Waals surface area contributed by atoms with Crippen LogP contribution in [0.25, 0.3) is 0 Å². The molecule has 0 spiro atoms.